The molecule has 1 saturated heterocycles. The minimum absolute atomic E-state index is 0.124. The first kappa shape index (κ1) is 16.9. The molecule has 0 bridgehead atoms. The lowest BCUT2D eigenvalue weighted by atomic mass is 9.93. The summed E-state index contributed by atoms with van der Waals surface area (Å²) in [6.07, 6.45) is -0.619. The maximum Gasteiger partial charge on any atom is 0.320 e. The van der Waals surface area contributed by atoms with Gasteiger partial charge in [0.2, 0.25) is 5.75 Å². The van der Waals surface area contributed by atoms with Crippen molar-refractivity contribution in [1.82, 2.24) is 0 Å². The molecule has 1 aliphatic heterocycles. The first-order valence-electron chi connectivity index (χ1n) is 7.35. The molecule has 1 aromatic rings. The number of hydrogen-bond acceptors (Lipinski definition) is 7. The van der Waals surface area contributed by atoms with E-state index in [9.17, 15) is 14.7 Å². The molecule has 1 N–H and O–H groups in total. The minimum Gasteiger partial charge on any atom is -0.502 e. The van der Waals surface area contributed by atoms with Crippen molar-refractivity contribution in [3.8, 4) is 17.2 Å². The molecule has 1 heterocycles. The molecule has 0 aromatic heterocycles. The van der Waals surface area contributed by atoms with Crippen molar-refractivity contribution >= 4 is 11.9 Å². The van der Waals surface area contributed by atoms with Crippen LogP contribution in [0, 0.1) is 0 Å². The highest BCUT2D eigenvalue weighted by Crippen LogP contribution is 2.48. The topological polar surface area (TPSA) is 91.3 Å². The SMILES string of the molecule is CCc1c(OC)c(O)c(OC)c(CC)c1C1OC(=O)CC(=O)O1. The van der Waals surface area contributed by atoms with Crippen molar-refractivity contribution in [2.24, 2.45) is 0 Å². The van der Waals surface area contributed by atoms with Crippen molar-refractivity contribution in [3.05, 3.63) is 16.7 Å². The van der Waals surface area contributed by atoms with Gasteiger partial charge in [0.25, 0.3) is 6.29 Å². The van der Waals surface area contributed by atoms with E-state index in [1.165, 1.54) is 14.2 Å². The Bertz CT molecular complexity index is 587. The quantitative estimate of drug-likeness (QED) is 0.654. The lowest BCUT2D eigenvalue weighted by molar-refractivity contribution is -0.205. The number of hydrogen-bond donors (Lipinski definition) is 1. The fraction of sp³-hybridized carbons (Fsp3) is 0.500. The average molecular weight is 324 g/mol. The van der Waals surface area contributed by atoms with Gasteiger partial charge in [-0.3, -0.25) is 9.59 Å². The summed E-state index contributed by atoms with van der Waals surface area (Å²) in [7, 11) is 2.84. The molecule has 1 aromatic carbocycles. The number of benzene rings is 1. The Morgan fingerprint density at radius 3 is 1.78 bits per heavy atom. The highest BCUT2D eigenvalue weighted by atomic mass is 16.7. The van der Waals surface area contributed by atoms with E-state index < -0.39 is 24.6 Å². The van der Waals surface area contributed by atoms with E-state index in [1.807, 2.05) is 13.8 Å². The summed E-state index contributed by atoms with van der Waals surface area (Å²) in [5, 5.41) is 10.4. The number of phenols is 1. The molecule has 0 atom stereocenters. The van der Waals surface area contributed by atoms with Gasteiger partial charge in [-0.25, -0.2) is 0 Å². The number of phenolic OH excluding ortho intramolecular Hbond substituents is 1. The number of aromatic hydroxyl groups is 1. The minimum atomic E-state index is -1.17. The third-order valence-electron chi connectivity index (χ3n) is 3.75. The van der Waals surface area contributed by atoms with E-state index in [0.717, 1.165) is 0 Å². The fourth-order valence-corrected chi connectivity index (χ4v) is 2.82. The summed E-state index contributed by atoms with van der Waals surface area (Å²) in [4.78, 5) is 23.2. The average Bonchev–Trinajstić information content (AvgIpc) is 2.52. The largest absolute Gasteiger partial charge is 0.502 e. The van der Waals surface area contributed by atoms with Crippen LogP contribution in [0.3, 0.4) is 0 Å². The van der Waals surface area contributed by atoms with Gasteiger partial charge in [0, 0.05) is 16.7 Å². The van der Waals surface area contributed by atoms with Crippen LogP contribution >= 0.6 is 0 Å². The molecule has 126 valence electrons. The molecular formula is C16H20O7. The highest BCUT2D eigenvalue weighted by Gasteiger charge is 2.36. The number of carbonyl (C=O) groups is 2. The van der Waals surface area contributed by atoms with Gasteiger partial charge in [-0.2, -0.15) is 0 Å². The van der Waals surface area contributed by atoms with Gasteiger partial charge in [-0.1, -0.05) is 13.8 Å². The zero-order valence-corrected chi connectivity index (χ0v) is 13.6. The summed E-state index contributed by atoms with van der Waals surface area (Å²) < 4.78 is 21.0. The molecule has 23 heavy (non-hydrogen) atoms. The number of methoxy groups -OCH3 is 2. The first-order valence-corrected chi connectivity index (χ1v) is 7.35. The van der Waals surface area contributed by atoms with Gasteiger partial charge in [-0.15, -0.1) is 0 Å². The molecule has 0 saturated carbocycles. The van der Waals surface area contributed by atoms with E-state index in [2.05, 4.69) is 0 Å². The van der Waals surface area contributed by atoms with Crippen LogP contribution in [-0.2, 0) is 31.9 Å². The summed E-state index contributed by atoms with van der Waals surface area (Å²) >= 11 is 0. The predicted octanol–water partition coefficient (Wildman–Crippen LogP) is 2.02. The van der Waals surface area contributed by atoms with Crippen molar-refractivity contribution < 1.29 is 33.6 Å². The number of rotatable bonds is 5. The third-order valence-corrected chi connectivity index (χ3v) is 3.75. The molecule has 0 amide bonds. The number of esters is 2. The Morgan fingerprint density at radius 2 is 1.43 bits per heavy atom. The molecule has 0 spiro atoms. The molecule has 7 nitrogen and oxygen atoms in total. The van der Waals surface area contributed by atoms with E-state index in [4.69, 9.17) is 18.9 Å². The normalized spacial score (nSPS) is 15.1. The number of cyclic esters (lactones) is 2. The second kappa shape index (κ2) is 6.76. The zero-order valence-electron chi connectivity index (χ0n) is 13.6. The Kier molecular flexibility index (Phi) is 4.98. The monoisotopic (exact) mass is 324 g/mol. The Hall–Kier alpha value is -2.44. The maximum absolute atomic E-state index is 11.6. The van der Waals surface area contributed by atoms with Gasteiger partial charge in [-0.05, 0) is 12.8 Å². The van der Waals surface area contributed by atoms with Crippen LogP contribution in [0.15, 0.2) is 0 Å². The fourth-order valence-electron chi connectivity index (χ4n) is 2.82. The van der Waals surface area contributed by atoms with Crippen molar-refractivity contribution in [3.63, 3.8) is 0 Å². The van der Waals surface area contributed by atoms with Gasteiger partial charge in [0.05, 0.1) is 14.2 Å². The van der Waals surface area contributed by atoms with Crippen LogP contribution in [0.25, 0.3) is 0 Å². The molecule has 0 aliphatic carbocycles. The van der Waals surface area contributed by atoms with Crippen molar-refractivity contribution in [1.29, 1.82) is 0 Å². The second-order valence-electron chi connectivity index (χ2n) is 4.98. The second-order valence-corrected chi connectivity index (χ2v) is 4.98. The van der Waals surface area contributed by atoms with Gasteiger partial charge in [0.1, 0.15) is 6.42 Å². The van der Waals surface area contributed by atoms with E-state index in [-0.39, 0.29) is 17.2 Å². The first-order chi connectivity index (χ1) is 11.0. The molecule has 1 fully saturated rings. The van der Waals surface area contributed by atoms with Crippen molar-refractivity contribution in [2.75, 3.05) is 14.2 Å². The Balaban J connectivity index is 2.73. The molecule has 0 unspecified atom stereocenters. The molecule has 0 radical (unpaired) electrons. The standard InChI is InChI=1S/C16H20O7/c1-5-8-12(16-22-10(17)7-11(18)23-16)9(6-2)15(21-4)13(19)14(8)20-3/h16,19H,5-7H2,1-4H3. The smallest absolute Gasteiger partial charge is 0.320 e. The summed E-state index contributed by atoms with van der Waals surface area (Å²) in [6, 6.07) is 0. The van der Waals surface area contributed by atoms with Gasteiger partial charge < -0.3 is 24.1 Å². The Labute approximate surface area is 134 Å². The number of carbonyl (C=O) groups excluding carboxylic acids is 2. The van der Waals surface area contributed by atoms with Crippen LogP contribution in [0.2, 0.25) is 0 Å². The van der Waals surface area contributed by atoms with Crippen LogP contribution < -0.4 is 9.47 Å². The van der Waals surface area contributed by atoms with E-state index in [1.54, 1.807) is 0 Å². The summed E-state index contributed by atoms with van der Waals surface area (Å²) in [5.41, 5.74) is 1.70. The lowest BCUT2D eigenvalue weighted by Gasteiger charge is -2.28. The van der Waals surface area contributed by atoms with Crippen LogP contribution in [0.1, 0.15) is 43.2 Å². The van der Waals surface area contributed by atoms with Crippen LogP contribution in [0.4, 0.5) is 0 Å². The van der Waals surface area contributed by atoms with Gasteiger partial charge in [0.15, 0.2) is 11.5 Å². The molecule has 7 heteroatoms. The summed E-state index contributed by atoms with van der Waals surface area (Å²) in [5.74, 6) is -0.993. The van der Waals surface area contributed by atoms with Gasteiger partial charge >= 0.3 is 11.9 Å². The zero-order chi connectivity index (χ0) is 17.1. The lowest BCUT2D eigenvalue weighted by Crippen LogP contribution is -2.28. The highest BCUT2D eigenvalue weighted by molar-refractivity contribution is 5.92. The number of ether oxygens (including phenoxy) is 4. The summed E-state index contributed by atoms with van der Waals surface area (Å²) in [6.45, 7) is 3.72. The maximum atomic E-state index is 11.6. The van der Waals surface area contributed by atoms with E-state index >= 15 is 0 Å². The van der Waals surface area contributed by atoms with Crippen molar-refractivity contribution in [2.45, 2.75) is 39.4 Å². The molecular weight excluding hydrogens is 304 g/mol. The third kappa shape index (κ3) is 2.91. The van der Waals surface area contributed by atoms with E-state index in [0.29, 0.717) is 29.5 Å². The van der Waals surface area contributed by atoms with Crippen LogP contribution in [-0.4, -0.2) is 31.3 Å². The molecule has 1 aliphatic rings. The van der Waals surface area contributed by atoms with Crippen LogP contribution in [0.5, 0.6) is 17.2 Å². The molecule has 2 rings (SSSR count). The predicted molar refractivity (Wildman–Crippen MR) is 79.5 cm³/mol. The Morgan fingerprint density at radius 1 is 1.00 bits per heavy atom.